The van der Waals surface area contributed by atoms with Crippen LogP contribution in [0, 0.1) is 0 Å². The molecular formula is C17H18BrNO. The normalized spacial score (nSPS) is 14.7. The zero-order valence-electron chi connectivity index (χ0n) is 11.5. The van der Waals surface area contributed by atoms with Gasteiger partial charge in [-0.1, -0.05) is 40.2 Å². The Kier molecular flexibility index (Phi) is 4.08. The van der Waals surface area contributed by atoms with Crippen LogP contribution in [-0.4, -0.2) is 6.61 Å². The number of nitrogens with one attached hydrogen (secondary N) is 1. The van der Waals surface area contributed by atoms with E-state index in [1.165, 1.54) is 16.7 Å². The van der Waals surface area contributed by atoms with Gasteiger partial charge < -0.3 is 10.1 Å². The topological polar surface area (TPSA) is 21.3 Å². The minimum atomic E-state index is 0.338. The fraction of sp³-hybridized carbons (Fsp3) is 0.294. The van der Waals surface area contributed by atoms with E-state index in [-0.39, 0.29) is 0 Å². The number of ether oxygens (including phenoxy) is 1. The van der Waals surface area contributed by atoms with Crippen molar-refractivity contribution in [2.75, 3.05) is 6.61 Å². The molecule has 1 unspecified atom stereocenters. The molecule has 0 fully saturated rings. The summed E-state index contributed by atoms with van der Waals surface area (Å²) in [7, 11) is 0. The van der Waals surface area contributed by atoms with Gasteiger partial charge in [0, 0.05) is 23.5 Å². The molecule has 2 aromatic rings. The SMILES string of the molecule is CC(NCc1ccc(Br)cc1)c1ccc2c(c1)CCO2. The molecule has 0 saturated carbocycles. The number of fused-ring (bicyclic) bond motifs is 1. The van der Waals surface area contributed by atoms with E-state index in [4.69, 9.17) is 4.74 Å². The lowest BCUT2D eigenvalue weighted by atomic mass is 10.0. The van der Waals surface area contributed by atoms with Crippen LogP contribution in [0.3, 0.4) is 0 Å². The van der Waals surface area contributed by atoms with Gasteiger partial charge in [0.2, 0.25) is 0 Å². The van der Waals surface area contributed by atoms with Crippen molar-refractivity contribution in [1.82, 2.24) is 5.32 Å². The van der Waals surface area contributed by atoms with Crippen LogP contribution in [-0.2, 0) is 13.0 Å². The summed E-state index contributed by atoms with van der Waals surface area (Å²) in [6, 6.07) is 15.3. The first-order valence-electron chi connectivity index (χ1n) is 6.96. The first kappa shape index (κ1) is 13.7. The molecule has 0 aromatic heterocycles. The van der Waals surface area contributed by atoms with Gasteiger partial charge in [0.1, 0.15) is 5.75 Å². The molecule has 1 aliphatic heterocycles. The minimum Gasteiger partial charge on any atom is -0.493 e. The molecule has 0 aliphatic carbocycles. The second-order valence-electron chi connectivity index (χ2n) is 5.19. The molecule has 0 saturated heterocycles. The van der Waals surface area contributed by atoms with Gasteiger partial charge in [-0.3, -0.25) is 0 Å². The van der Waals surface area contributed by atoms with E-state index < -0.39 is 0 Å². The molecule has 2 nitrogen and oxygen atoms in total. The zero-order valence-corrected chi connectivity index (χ0v) is 13.1. The van der Waals surface area contributed by atoms with Gasteiger partial charge in [-0.2, -0.15) is 0 Å². The number of hydrogen-bond donors (Lipinski definition) is 1. The Balaban J connectivity index is 1.64. The van der Waals surface area contributed by atoms with Crippen LogP contribution in [0.25, 0.3) is 0 Å². The van der Waals surface area contributed by atoms with Gasteiger partial charge in [0.05, 0.1) is 6.61 Å². The molecule has 0 spiro atoms. The van der Waals surface area contributed by atoms with Gasteiger partial charge in [-0.15, -0.1) is 0 Å². The summed E-state index contributed by atoms with van der Waals surface area (Å²) in [5, 5.41) is 3.57. The highest BCUT2D eigenvalue weighted by molar-refractivity contribution is 9.10. The maximum atomic E-state index is 5.55. The van der Waals surface area contributed by atoms with Crippen molar-refractivity contribution in [1.29, 1.82) is 0 Å². The van der Waals surface area contributed by atoms with E-state index in [0.717, 1.165) is 29.8 Å². The predicted octanol–water partition coefficient (Wildman–Crippen LogP) is 4.23. The van der Waals surface area contributed by atoms with E-state index in [0.29, 0.717) is 6.04 Å². The molecule has 1 heterocycles. The van der Waals surface area contributed by atoms with Crippen LogP contribution in [0.4, 0.5) is 0 Å². The van der Waals surface area contributed by atoms with Crippen LogP contribution in [0.15, 0.2) is 46.9 Å². The smallest absolute Gasteiger partial charge is 0.122 e. The van der Waals surface area contributed by atoms with Crippen LogP contribution < -0.4 is 10.1 Å². The van der Waals surface area contributed by atoms with Crippen LogP contribution in [0.1, 0.15) is 29.7 Å². The molecule has 1 atom stereocenters. The van der Waals surface area contributed by atoms with E-state index in [1.54, 1.807) is 0 Å². The molecule has 2 aromatic carbocycles. The Morgan fingerprint density at radius 3 is 2.80 bits per heavy atom. The maximum Gasteiger partial charge on any atom is 0.122 e. The summed E-state index contributed by atoms with van der Waals surface area (Å²) in [5.74, 6) is 1.05. The molecule has 0 amide bonds. The van der Waals surface area contributed by atoms with Gasteiger partial charge in [0.15, 0.2) is 0 Å². The van der Waals surface area contributed by atoms with Crippen molar-refractivity contribution in [3.05, 3.63) is 63.6 Å². The van der Waals surface area contributed by atoms with E-state index in [2.05, 4.69) is 70.6 Å². The highest BCUT2D eigenvalue weighted by Crippen LogP contribution is 2.28. The summed E-state index contributed by atoms with van der Waals surface area (Å²) in [6.45, 7) is 3.90. The first-order chi connectivity index (χ1) is 9.72. The van der Waals surface area contributed by atoms with Gasteiger partial charge in [-0.05, 0) is 41.8 Å². The van der Waals surface area contributed by atoms with E-state index in [1.807, 2.05) is 0 Å². The minimum absolute atomic E-state index is 0.338. The van der Waals surface area contributed by atoms with Crippen LogP contribution >= 0.6 is 15.9 Å². The quantitative estimate of drug-likeness (QED) is 0.904. The number of halogens is 1. The molecule has 20 heavy (non-hydrogen) atoms. The summed E-state index contributed by atoms with van der Waals surface area (Å²) < 4.78 is 6.67. The summed E-state index contributed by atoms with van der Waals surface area (Å²) in [6.07, 6.45) is 1.03. The molecule has 0 radical (unpaired) electrons. The average Bonchev–Trinajstić information content (AvgIpc) is 2.93. The first-order valence-corrected chi connectivity index (χ1v) is 7.75. The highest BCUT2D eigenvalue weighted by atomic mass is 79.9. The Morgan fingerprint density at radius 1 is 1.20 bits per heavy atom. The molecule has 3 heteroatoms. The van der Waals surface area contributed by atoms with Crippen molar-refractivity contribution < 1.29 is 4.74 Å². The van der Waals surface area contributed by atoms with Crippen molar-refractivity contribution in [2.24, 2.45) is 0 Å². The summed E-state index contributed by atoms with van der Waals surface area (Å²) in [5.41, 5.74) is 3.95. The molecule has 1 N–H and O–H groups in total. The largest absolute Gasteiger partial charge is 0.493 e. The van der Waals surface area contributed by atoms with Crippen LogP contribution in [0.2, 0.25) is 0 Å². The van der Waals surface area contributed by atoms with Crippen molar-refractivity contribution in [2.45, 2.75) is 25.9 Å². The molecular weight excluding hydrogens is 314 g/mol. The highest BCUT2D eigenvalue weighted by Gasteiger charge is 2.14. The Bertz CT molecular complexity index is 594. The third-order valence-corrected chi connectivity index (χ3v) is 4.27. The van der Waals surface area contributed by atoms with E-state index in [9.17, 15) is 0 Å². The number of benzene rings is 2. The molecule has 1 aliphatic rings. The Hall–Kier alpha value is -1.32. The second-order valence-corrected chi connectivity index (χ2v) is 6.11. The van der Waals surface area contributed by atoms with Crippen molar-refractivity contribution >= 4 is 15.9 Å². The summed E-state index contributed by atoms with van der Waals surface area (Å²) >= 11 is 3.46. The second kappa shape index (κ2) is 5.98. The zero-order chi connectivity index (χ0) is 13.9. The average molecular weight is 332 g/mol. The van der Waals surface area contributed by atoms with Gasteiger partial charge in [0.25, 0.3) is 0 Å². The standard InChI is InChI=1S/C17H18BrNO/c1-12(19-11-13-2-5-16(18)6-3-13)14-4-7-17-15(10-14)8-9-20-17/h2-7,10,12,19H,8-9,11H2,1H3. The lowest BCUT2D eigenvalue weighted by molar-refractivity contribution is 0.356. The molecule has 3 rings (SSSR count). The number of rotatable bonds is 4. The van der Waals surface area contributed by atoms with Crippen molar-refractivity contribution in [3.63, 3.8) is 0 Å². The summed E-state index contributed by atoms with van der Waals surface area (Å²) in [4.78, 5) is 0. The Labute approximate surface area is 128 Å². The number of hydrogen-bond acceptors (Lipinski definition) is 2. The van der Waals surface area contributed by atoms with Crippen LogP contribution in [0.5, 0.6) is 5.75 Å². The lowest BCUT2D eigenvalue weighted by Crippen LogP contribution is -2.18. The molecule has 0 bridgehead atoms. The monoisotopic (exact) mass is 331 g/mol. The van der Waals surface area contributed by atoms with Crippen molar-refractivity contribution in [3.8, 4) is 5.75 Å². The van der Waals surface area contributed by atoms with E-state index >= 15 is 0 Å². The molecule has 104 valence electrons. The fourth-order valence-electron chi connectivity index (χ4n) is 2.47. The van der Waals surface area contributed by atoms with Gasteiger partial charge >= 0.3 is 0 Å². The van der Waals surface area contributed by atoms with Gasteiger partial charge in [-0.25, -0.2) is 0 Å². The maximum absolute atomic E-state index is 5.55. The Morgan fingerprint density at radius 2 is 2.00 bits per heavy atom. The predicted molar refractivity (Wildman–Crippen MR) is 85.0 cm³/mol. The lowest BCUT2D eigenvalue weighted by Gasteiger charge is -2.15. The third kappa shape index (κ3) is 3.05. The fourth-order valence-corrected chi connectivity index (χ4v) is 2.73. The third-order valence-electron chi connectivity index (χ3n) is 3.74.